The van der Waals surface area contributed by atoms with E-state index < -0.39 is 6.10 Å². The lowest BCUT2D eigenvalue weighted by molar-refractivity contribution is -0.122. The summed E-state index contributed by atoms with van der Waals surface area (Å²) < 4.78 is 5.85. The van der Waals surface area contributed by atoms with E-state index in [1.54, 1.807) is 31.2 Å². The summed E-state index contributed by atoms with van der Waals surface area (Å²) in [6.45, 7) is 12.1. The smallest absolute Gasteiger partial charge is 0.265 e. The maximum atomic E-state index is 12.6. The zero-order chi connectivity index (χ0) is 24.2. The van der Waals surface area contributed by atoms with Crippen LogP contribution in [0.5, 0.6) is 5.75 Å². The second-order valence-corrected chi connectivity index (χ2v) is 9.38. The average molecular weight is 445 g/mol. The molecule has 0 aliphatic heterocycles. The van der Waals surface area contributed by atoms with Crippen molar-refractivity contribution in [3.8, 4) is 5.75 Å². The number of nitrogens with one attached hydrogen (secondary N) is 2. The topological polar surface area (TPSA) is 67.4 Å². The molecule has 1 atom stereocenters. The van der Waals surface area contributed by atoms with Crippen molar-refractivity contribution in [2.75, 3.05) is 10.6 Å². The van der Waals surface area contributed by atoms with Crippen LogP contribution in [0.4, 0.5) is 11.4 Å². The highest BCUT2D eigenvalue weighted by Crippen LogP contribution is 2.23. The van der Waals surface area contributed by atoms with Gasteiger partial charge in [0, 0.05) is 16.9 Å². The van der Waals surface area contributed by atoms with Crippen molar-refractivity contribution in [3.05, 3.63) is 89.0 Å². The van der Waals surface area contributed by atoms with Crippen LogP contribution in [-0.2, 0) is 10.2 Å². The molecule has 0 saturated carbocycles. The minimum absolute atomic E-state index is 0.0384. The number of hydrogen-bond acceptors (Lipinski definition) is 3. The van der Waals surface area contributed by atoms with Crippen LogP contribution in [0, 0.1) is 13.8 Å². The second-order valence-electron chi connectivity index (χ2n) is 9.38. The van der Waals surface area contributed by atoms with Gasteiger partial charge in [-0.3, -0.25) is 9.59 Å². The van der Waals surface area contributed by atoms with E-state index in [1.165, 1.54) is 5.56 Å². The lowest BCUT2D eigenvalue weighted by atomic mass is 9.87. The second kappa shape index (κ2) is 9.90. The Morgan fingerprint density at radius 3 is 1.97 bits per heavy atom. The maximum Gasteiger partial charge on any atom is 0.265 e. The van der Waals surface area contributed by atoms with E-state index in [0.717, 1.165) is 11.1 Å². The molecule has 0 spiro atoms. The molecule has 2 amide bonds. The Kier molecular flexibility index (Phi) is 7.22. The Hall–Kier alpha value is -3.60. The first-order valence-corrected chi connectivity index (χ1v) is 11.1. The van der Waals surface area contributed by atoms with Crippen LogP contribution in [0.1, 0.15) is 54.7 Å². The molecular weight excluding hydrogens is 412 g/mol. The number of aryl methyl sites for hydroxylation is 2. The highest BCUT2D eigenvalue weighted by molar-refractivity contribution is 6.04. The summed E-state index contributed by atoms with van der Waals surface area (Å²) in [5.74, 6) is 0.278. The molecule has 172 valence electrons. The summed E-state index contributed by atoms with van der Waals surface area (Å²) in [5, 5.41) is 5.74. The fourth-order valence-corrected chi connectivity index (χ4v) is 3.28. The first-order chi connectivity index (χ1) is 15.5. The van der Waals surface area contributed by atoms with Gasteiger partial charge in [0.2, 0.25) is 0 Å². The predicted octanol–water partition coefficient (Wildman–Crippen LogP) is 6.26. The number of rotatable bonds is 6. The molecule has 0 heterocycles. The van der Waals surface area contributed by atoms with Gasteiger partial charge in [-0.2, -0.15) is 0 Å². The van der Waals surface area contributed by atoms with E-state index in [1.807, 2.05) is 56.3 Å². The molecule has 5 heteroatoms. The fraction of sp³-hybridized carbons (Fsp3) is 0.286. The SMILES string of the molecule is Cc1ccc(C)c(OC(C)C(=O)Nc2ccc(NC(=O)c3ccc(C(C)(C)C)cc3)cc2)c1. The molecule has 2 N–H and O–H groups in total. The van der Waals surface area contributed by atoms with Crippen LogP contribution in [0.2, 0.25) is 0 Å². The van der Waals surface area contributed by atoms with Gasteiger partial charge in [0.15, 0.2) is 6.10 Å². The van der Waals surface area contributed by atoms with Crippen LogP contribution >= 0.6 is 0 Å². The first-order valence-electron chi connectivity index (χ1n) is 11.1. The van der Waals surface area contributed by atoms with Crippen molar-refractivity contribution >= 4 is 23.2 Å². The molecule has 0 aliphatic rings. The Bertz CT molecular complexity index is 1130. The summed E-state index contributed by atoms with van der Waals surface area (Å²) in [5.41, 5.74) is 5.14. The van der Waals surface area contributed by atoms with Crippen LogP contribution in [0.3, 0.4) is 0 Å². The van der Waals surface area contributed by atoms with Crippen molar-refractivity contribution in [2.24, 2.45) is 0 Å². The summed E-state index contributed by atoms with van der Waals surface area (Å²) in [7, 11) is 0. The fourth-order valence-electron chi connectivity index (χ4n) is 3.28. The molecule has 0 aromatic heterocycles. The van der Waals surface area contributed by atoms with Crippen LogP contribution < -0.4 is 15.4 Å². The van der Waals surface area contributed by atoms with Gasteiger partial charge in [-0.05, 0) is 85.3 Å². The standard InChI is InChI=1S/C28H32N2O3/c1-18-7-8-19(2)25(17-18)33-20(3)26(31)29-23-13-15-24(16-14-23)30-27(32)21-9-11-22(12-10-21)28(4,5)6/h7-17,20H,1-6H3,(H,29,31)(H,30,32). The zero-order valence-corrected chi connectivity index (χ0v) is 20.2. The number of amides is 2. The third-order valence-corrected chi connectivity index (χ3v) is 5.44. The lowest BCUT2D eigenvalue weighted by Crippen LogP contribution is -2.30. The maximum absolute atomic E-state index is 12.6. The Morgan fingerprint density at radius 2 is 1.39 bits per heavy atom. The number of anilines is 2. The average Bonchev–Trinajstić information content (AvgIpc) is 2.77. The van der Waals surface area contributed by atoms with Crippen LogP contribution in [-0.4, -0.2) is 17.9 Å². The normalized spacial score (nSPS) is 12.1. The van der Waals surface area contributed by atoms with Crippen LogP contribution in [0.15, 0.2) is 66.7 Å². The van der Waals surface area contributed by atoms with E-state index in [-0.39, 0.29) is 17.2 Å². The number of benzene rings is 3. The van der Waals surface area contributed by atoms with E-state index in [2.05, 4.69) is 31.4 Å². The van der Waals surface area contributed by atoms with E-state index in [9.17, 15) is 9.59 Å². The highest BCUT2D eigenvalue weighted by atomic mass is 16.5. The third-order valence-electron chi connectivity index (χ3n) is 5.44. The van der Waals surface area contributed by atoms with E-state index in [4.69, 9.17) is 4.74 Å². The molecule has 33 heavy (non-hydrogen) atoms. The molecule has 0 fully saturated rings. The number of ether oxygens (including phenoxy) is 1. The molecule has 0 aliphatic carbocycles. The van der Waals surface area contributed by atoms with Crippen molar-refractivity contribution in [3.63, 3.8) is 0 Å². The first kappa shape index (κ1) is 24.1. The minimum atomic E-state index is -0.652. The number of hydrogen-bond donors (Lipinski definition) is 2. The Labute approximate surface area is 196 Å². The van der Waals surface area contributed by atoms with Gasteiger partial charge in [-0.1, -0.05) is 45.0 Å². The van der Waals surface area contributed by atoms with Crippen LogP contribution in [0.25, 0.3) is 0 Å². The minimum Gasteiger partial charge on any atom is -0.481 e. The van der Waals surface area contributed by atoms with Gasteiger partial charge < -0.3 is 15.4 Å². The predicted molar refractivity (Wildman–Crippen MR) is 134 cm³/mol. The van der Waals surface area contributed by atoms with Gasteiger partial charge in [-0.25, -0.2) is 0 Å². The highest BCUT2D eigenvalue weighted by Gasteiger charge is 2.17. The van der Waals surface area contributed by atoms with Gasteiger partial charge in [-0.15, -0.1) is 0 Å². The molecule has 0 radical (unpaired) electrons. The van der Waals surface area contributed by atoms with E-state index >= 15 is 0 Å². The van der Waals surface area contributed by atoms with Crippen molar-refractivity contribution < 1.29 is 14.3 Å². The lowest BCUT2D eigenvalue weighted by Gasteiger charge is -2.19. The molecule has 5 nitrogen and oxygen atoms in total. The molecule has 3 aromatic rings. The molecule has 0 saturated heterocycles. The van der Waals surface area contributed by atoms with Crippen molar-refractivity contribution in [1.29, 1.82) is 0 Å². The Morgan fingerprint density at radius 1 is 0.818 bits per heavy atom. The molecule has 3 rings (SSSR count). The molecule has 0 bridgehead atoms. The summed E-state index contributed by atoms with van der Waals surface area (Å²) in [4.78, 5) is 25.1. The monoisotopic (exact) mass is 444 g/mol. The zero-order valence-electron chi connectivity index (χ0n) is 20.2. The summed E-state index contributed by atoms with van der Waals surface area (Å²) >= 11 is 0. The van der Waals surface area contributed by atoms with E-state index in [0.29, 0.717) is 22.7 Å². The molecular formula is C28H32N2O3. The van der Waals surface area contributed by atoms with Gasteiger partial charge in [0.25, 0.3) is 11.8 Å². The quantitative estimate of drug-likeness (QED) is 0.472. The van der Waals surface area contributed by atoms with Crippen molar-refractivity contribution in [1.82, 2.24) is 0 Å². The van der Waals surface area contributed by atoms with Gasteiger partial charge in [0.1, 0.15) is 5.75 Å². The number of carbonyl (C=O) groups is 2. The number of carbonyl (C=O) groups excluding carboxylic acids is 2. The summed E-state index contributed by atoms with van der Waals surface area (Å²) in [6.07, 6.45) is -0.652. The van der Waals surface area contributed by atoms with Gasteiger partial charge >= 0.3 is 0 Å². The Balaban J connectivity index is 1.57. The third kappa shape index (κ3) is 6.45. The largest absolute Gasteiger partial charge is 0.481 e. The van der Waals surface area contributed by atoms with Gasteiger partial charge in [0.05, 0.1) is 0 Å². The summed E-state index contributed by atoms with van der Waals surface area (Å²) in [6, 6.07) is 20.6. The molecule has 3 aromatic carbocycles. The van der Waals surface area contributed by atoms with Crippen molar-refractivity contribution in [2.45, 2.75) is 53.1 Å². The molecule has 1 unspecified atom stereocenters.